The predicted octanol–water partition coefficient (Wildman–Crippen LogP) is 3.75. The minimum Gasteiger partial charge on any atom is -0.388 e. The molecule has 0 aromatic heterocycles. The van der Waals surface area contributed by atoms with Crippen molar-refractivity contribution in [3.8, 4) is 0 Å². The smallest absolute Gasteiger partial charge is 0.0813 e. The number of hydrogen-bond donors (Lipinski definition) is 1. The van der Waals surface area contributed by atoms with Gasteiger partial charge in [0.05, 0.1) is 6.10 Å². The van der Waals surface area contributed by atoms with E-state index in [2.05, 4.69) is 27.8 Å². The lowest BCUT2D eigenvalue weighted by atomic mass is 10.0. The molecular weight excluding hydrogens is 290 g/mol. The molecule has 1 aliphatic heterocycles. The summed E-state index contributed by atoms with van der Waals surface area (Å²) < 4.78 is 1.00. The summed E-state index contributed by atoms with van der Waals surface area (Å²) in [5.74, 6) is 0. The Bertz CT molecular complexity index is 383. The van der Waals surface area contributed by atoms with Crippen molar-refractivity contribution in [2.24, 2.45) is 0 Å². The first kappa shape index (κ1) is 14.0. The van der Waals surface area contributed by atoms with E-state index in [1.54, 1.807) is 0 Å². The van der Waals surface area contributed by atoms with Gasteiger partial charge in [0.1, 0.15) is 0 Å². The van der Waals surface area contributed by atoms with Gasteiger partial charge in [0, 0.05) is 17.1 Å². The normalized spacial score (nSPS) is 22.9. The van der Waals surface area contributed by atoms with Crippen LogP contribution in [0.3, 0.4) is 0 Å². The molecule has 2 nitrogen and oxygen atoms in total. The largest absolute Gasteiger partial charge is 0.388 e. The van der Waals surface area contributed by atoms with E-state index >= 15 is 0 Å². The van der Waals surface area contributed by atoms with E-state index in [0.717, 1.165) is 23.0 Å². The van der Waals surface area contributed by atoms with Crippen molar-refractivity contribution in [2.75, 3.05) is 13.1 Å². The van der Waals surface area contributed by atoms with Crippen LogP contribution in [0.25, 0.3) is 0 Å². The number of hydrogen-bond acceptors (Lipinski definition) is 2. The first-order valence-corrected chi connectivity index (χ1v) is 7.64. The molecule has 2 rings (SSSR count). The molecule has 0 spiro atoms. The van der Waals surface area contributed by atoms with Crippen molar-refractivity contribution in [2.45, 2.75) is 44.8 Å². The van der Waals surface area contributed by atoms with Crippen LogP contribution < -0.4 is 0 Å². The highest BCUT2D eigenvalue weighted by Crippen LogP contribution is 2.26. The lowest BCUT2D eigenvalue weighted by Gasteiger charge is -2.33. The van der Waals surface area contributed by atoms with Crippen molar-refractivity contribution in [1.29, 1.82) is 0 Å². The summed E-state index contributed by atoms with van der Waals surface area (Å²) in [6.07, 6.45) is 4.40. The second-order valence-electron chi connectivity index (χ2n) is 5.21. The van der Waals surface area contributed by atoms with Gasteiger partial charge in [-0.2, -0.15) is 0 Å². The van der Waals surface area contributed by atoms with Crippen LogP contribution in [-0.2, 0) is 0 Å². The molecule has 18 heavy (non-hydrogen) atoms. The summed E-state index contributed by atoms with van der Waals surface area (Å²) in [6, 6.07) is 8.61. The molecular formula is C15H22BrNO. The molecule has 2 unspecified atom stereocenters. The van der Waals surface area contributed by atoms with E-state index in [1.807, 2.05) is 24.3 Å². The zero-order valence-electron chi connectivity index (χ0n) is 11.0. The fourth-order valence-electron chi connectivity index (χ4n) is 2.68. The van der Waals surface area contributed by atoms with Crippen LogP contribution in [0.2, 0.25) is 0 Å². The molecule has 1 saturated heterocycles. The average Bonchev–Trinajstić information content (AvgIpc) is 2.38. The second kappa shape index (κ2) is 6.69. The van der Waals surface area contributed by atoms with E-state index < -0.39 is 0 Å². The number of aliphatic hydroxyl groups is 1. The van der Waals surface area contributed by atoms with Crippen molar-refractivity contribution in [3.63, 3.8) is 0 Å². The van der Waals surface area contributed by atoms with E-state index in [4.69, 9.17) is 0 Å². The molecule has 1 fully saturated rings. The van der Waals surface area contributed by atoms with Gasteiger partial charge in [-0.25, -0.2) is 0 Å². The van der Waals surface area contributed by atoms with Gasteiger partial charge in [-0.15, -0.1) is 0 Å². The molecule has 100 valence electrons. The quantitative estimate of drug-likeness (QED) is 0.915. The minimum atomic E-state index is -0.366. The molecule has 1 heterocycles. The second-order valence-corrected chi connectivity index (χ2v) is 6.06. The predicted molar refractivity (Wildman–Crippen MR) is 78.6 cm³/mol. The molecule has 2 atom stereocenters. The fourth-order valence-corrected chi connectivity index (χ4v) is 3.23. The zero-order valence-corrected chi connectivity index (χ0v) is 12.6. The Morgan fingerprint density at radius 2 is 2.17 bits per heavy atom. The standard InChI is InChI=1S/C15H22BrNO/c1-12-6-4-5-10-17(12)11-9-15(18)13-7-2-3-8-14(13)16/h2-3,7-8,12,15,18H,4-6,9-11H2,1H3. The van der Waals surface area contributed by atoms with E-state index in [-0.39, 0.29) is 6.10 Å². The Balaban J connectivity index is 1.88. The fraction of sp³-hybridized carbons (Fsp3) is 0.600. The highest BCUT2D eigenvalue weighted by molar-refractivity contribution is 9.10. The molecule has 1 aromatic carbocycles. The maximum atomic E-state index is 10.3. The third kappa shape index (κ3) is 3.56. The summed E-state index contributed by atoms with van der Waals surface area (Å²) in [7, 11) is 0. The number of aliphatic hydroxyl groups excluding tert-OH is 1. The Hall–Kier alpha value is -0.380. The minimum absolute atomic E-state index is 0.366. The van der Waals surface area contributed by atoms with Crippen molar-refractivity contribution in [3.05, 3.63) is 34.3 Å². The topological polar surface area (TPSA) is 23.5 Å². The summed E-state index contributed by atoms with van der Waals surface area (Å²) in [4.78, 5) is 2.50. The number of nitrogens with zero attached hydrogens (tertiary/aromatic N) is 1. The average molecular weight is 312 g/mol. The molecule has 1 N–H and O–H groups in total. The first-order chi connectivity index (χ1) is 8.68. The summed E-state index contributed by atoms with van der Waals surface area (Å²) in [5, 5.41) is 10.3. The highest BCUT2D eigenvalue weighted by atomic mass is 79.9. The van der Waals surface area contributed by atoms with Gasteiger partial charge in [0.2, 0.25) is 0 Å². The van der Waals surface area contributed by atoms with Crippen LogP contribution in [0.5, 0.6) is 0 Å². The highest BCUT2D eigenvalue weighted by Gasteiger charge is 2.19. The van der Waals surface area contributed by atoms with Gasteiger partial charge in [-0.05, 0) is 44.4 Å². The maximum Gasteiger partial charge on any atom is 0.0813 e. The Labute approximate surface area is 118 Å². The van der Waals surface area contributed by atoms with Crippen LogP contribution in [0.4, 0.5) is 0 Å². The summed E-state index contributed by atoms with van der Waals surface area (Å²) >= 11 is 3.50. The van der Waals surface area contributed by atoms with Crippen molar-refractivity contribution >= 4 is 15.9 Å². The molecule has 3 heteroatoms. The summed E-state index contributed by atoms with van der Waals surface area (Å²) in [5.41, 5.74) is 1.00. The monoisotopic (exact) mass is 311 g/mol. The van der Waals surface area contributed by atoms with E-state index in [9.17, 15) is 5.11 Å². The number of likely N-dealkylation sites (tertiary alicyclic amines) is 1. The Morgan fingerprint density at radius 3 is 2.89 bits per heavy atom. The summed E-state index contributed by atoms with van der Waals surface area (Å²) in [6.45, 7) is 4.47. The number of rotatable bonds is 4. The van der Waals surface area contributed by atoms with Gasteiger partial charge < -0.3 is 10.0 Å². The molecule has 1 aromatic rings. The third-order valence-electron chi connectivity index (χ3n) is 3.89. The van der Waals surface area contributed by atoms with Crippen LogP contribution in [0, 0.1) is 0 Å². The van der Waals surface area contributed by atoms with Crippen LogP contribution in [0.15, 0.2) is 28.7 Å². The van der Waals surface area contributed by atoms with Crippen molar-refractivity contribution < 1.29 is 5.11 Å². The van der Waals surface area contributed by atoms with Crippen molar-refractivity contribution in [1.82, 2.24) is 4.90 Å². The Morgan fingerprint density at radius 1 is 1.39 bits per heavy atom. The van der Waals surface area contributed by atoms with Gasteiger partial charge in [-0.1, -0.05) is 40.5 Å². The SMILES string of the molecule is CC1CCCCN1CCC(O)c1ccccc1Br. The molecule has 0 amide bonds. The molecule has 1 aliphatic rings. The lowest BCUT2D eigenvalue weighted by Crippen LogP contribution is -2.38. The molecule has 0 aliphatic carbocycles. The van der Waals surface area contributed by atoms with Gasteiger partial charge in [0.25, 0.3) is 0 Å². The number of halogens is 1. The maximum absolute atomic E-state index is 10.3. The third-order valence-corrected chi connectivity index (χ3v) is 4.62. The van der Waals surface area contributed by atoms with Gasteiger partial charge in [-0.3, -0.25) is 0 Å². The lowest BCUT2D eigenvalue weighted by molar-refractivity contribution is 0.109. The zero-order chi connectivity index (χ0) is 13.0. The molecule has 0 radical (unpaired) electrons. The molecule has 0 saturated carbocycles. The first-order valence-electron chi connectivity index (χ1n) is 6.85. The molecule has 0 bridgehead atoms. The van der Waals surface area contributed by atoms with Crippen LogP contribution in [0.1, 0.15) is 44.3 Å². The van der Waals surface area contributed by atoms with E-state index in [1.165, 1.54) is 25.8 Å². The Kier molecular flexibility index (Phi) is 5.22. The van der Waals surface area contributed by atoms with Crippen LogP contribution in [-0.4, -0.2) is 29.1 Å². The number of piperidine rings is 1. The van der Waals surface area contributed by atoms with Crippen LogP contribution >= 0.6 is 15.9 Å². The van der Waals surface area contributed by atoms with Gasteiger partial charge >= 0.3 is 0 Å². The van der Waals surface area contributed by atoms with E-state index in [0.29, 0.717) is 6.04 Å². The number of benzene rings is 1. The van der Waals surface area contributed by atoms with Gasteiger partial charge in [0.15, 0.2) is 0 Å².